The van der Waals surface area contributed by atoms with Crippen molar-refractivity contribution in [2.45, 2.75) is 38.8 Å². The van der Waals surface area contributed by atoms with Gasteiger partial charge in [-0.1, -0.05) is 13.8 Å². The van der Waals surface area contributed by atoms with Crippen molar-refractivity contribution in [3.8, 4) is 0 Å². The van der Waals surface area contributed by atoms with Crippen LogP contribution in [0.15, 0.2) is 21.2 Å². The highest BCUT2D eigenvalue weighted by molar-refractivity contribution is 9.10. The van der Waals surface area contributed by atoms with Crippen LogP contribution in [-0.4, -0.2) is 43.3 Å². The predicted molar refractivity (Wildman–Crippen MR) is 83.9 cm³/mol. The molecule has 1 aliphatic rings. The number of furan rings is 1. The summed E-state index contributed by atoms with van der Waals surface area (Å²) in [6.45, 7) is 11.2. The van der Waals surface area contributed by atoms with Crippen molar-refractivity contribution < 1.29 is 9.15 Å². The quantitative estimate of drug-likeness (QED) is 0.859. The van der Waals surface area contributed by atoms with E-state index in [0.29, 0.717) is 0 Å². The van der Waals surface area contributed by atoms with E-state index in [0.717, 1.165) is 49.5 Å². The number of rotatable bonds is 6. The molecule has 114 valence electrons. The number of nitrogens with zero attached hydrogens (tertiary/aromatic N) is 1. The van der Waals surface area contributed by atoms with Crippen LogP contribution in [0, 0.1) is 0 Å². The third kappa shape index (κ3) is 3.11. The van der Waals surface area contributed by atoms with Crippen molar-refractivity contribution in [1.29, 1.82) is 0 Å². The molecule has 0 bridgehead atoms. The minimum absolute atomic E-state index is 0.0141. The largest absolute Gasteiger partial charge is 0.466 e. The summed E-state index contributed by atoms with van der Waals surface area (Å²) >= 11 is 3.61. The first-order valence-electron chi connectivity index (χ1n) is 7.42. The maximum Gasteiger partial charge on any atom is 0.136 e. The third-order valence-corrected chi connectivity index (χ3v) is 5.04. The number of nitrogens with one attached hydrogen (secondary N) is 1. The van der Waals surface area contributed by atoms with Gasteiger partial charge in [-0.3, -0.25) is 4.90 Å². The van der Waals surface area contributed by atoms with E-state index in [4.69, 9.17) is 9.15 Å². The molecule has 2 atom stereocenters. The van der Waals surface area contributed by atoms with Crippen molar-refractivity contribution in [3.63, 3.8) is 0 Å². The lowest BCUT2D eigenvalue weighted by atomic mass is 9.85. The second-order valence-electron chi connectivity index (χ2n) is 5.43. The molecule has 2 heterocycles. The topological polar surface area (TPSA) is 37.6 Å². The molecule has 0 spiro atoms. The number of hydrogen-bond donors (Lipinski definition) is 1. The molecule has 20 heavy (non-hydrogen) atoms. The molecule has 0 aromatic carbocycles. The number of morpholine rings is 1. The Morgan fingerprint density at radius 3 is 2.60 bits per heavy atom. The standard InChI is InChI=1S/C15H25BrN2O2/c1-4-15(3,18-7-10-19-11-8-18)14(17-5-2)13-12(16)6-9-20-13/h6,9,14,17H,4-5,7-8,10-11H2,1-3H3. The first-order chi connectivity index (χ1) is 9.63. The molecule has 2 unspecified atom stereocenters. The molecule has 2 rings (SSSR count). The molecule has 0 aliphatic carbocycles. The highest BCUT2D eigenvalue weighted by Gasteiger charge is 2.41. The van der Waals surface area contributed by atoms with E-state index >= 15 is 0 Å². The monoisotopic (exact) mass is 344 g/mol. The van der Waals surface area contributed by atoms with Crippen LogP contribution in [0.3, 0.4) is 0 Å². The Labute approximate surface area is 130 Å². The first kappa shape index (κ1) is 16.0. The summed E-state index contributed by atoms with van der Waals surface area (Å²) < 4.78 is 12.3. The average Bonchev–Trinajstić information content (AvgIpc) is 2.91. The van der Waals surface area contributed by atoms with E-state index in [2.05, 4.69) is 46.9 Å². The number of halogens is 1. The van der Waals surface area contributed by atoms with Gasteiger partial charge in [-0.25, -0.2) is 0 Å². The van der Waals surface area contributed by atoms with Gasteiger partial charge in [0.1, 0.15) is 5.76 Å². The Bertz CT molecular complexity index is 418. The van der Waals surface area contributed by atoms with Gasteiger partial charge in [-0.05, 0) is 41.9 Å². The molecule has 1 saturated heterocycles. The van der Waals surface area contributed by atoms with Crippen molar-refractivity contribution in [3.05, 3.63) is 22.6 Å². The Morgan fingerprint density at radius 2 is 2.10 bits per heavy atom. The number of hydrogen-bond acceptors (Lipinski definition) is 4. The summed E-state index contributed by atoms with van der Waals surface area (Å²) in [6, 6.07) is 2.13. The highest BCUT2D eigenvalue weighted by Crippen LogP contribution is 2.38. The Hall–Kier alpha value is -0.360. The van der Waals surface area contributed by atoms with Gasteiger partial charge in [0.15, 0.2) is 0 Å². The smallest absolute Gasteiger partial charge is 0.136 e. The van der Waals surface area contributed by atoms with Crippen LogP contribution in [0.25, 0.3) is 0 Å². The van der Waals surface area contributed by atoms with Crippen molar-refractivity contribution in [2.75, 3.05) is 32.8 Å². The lowest BCUT2D eigenvalue weighted by Crippen LogP contribution is -2.57. The highest BCUT2D eigenvalue weighted by atomic mass is 79.9. The molecule has 5 heteroatoms. The maximum atomic E-state index is 5.75. The van der Waals surface area contributed by atoms with Gasteiger partial charge in [0, 0.05) is 18.6 Å². The fraction of sp³-hybridized carbons (Fsp3) is 0.733. The van der Waals surface area contributed by atoms with Crippen LogP contribution in [0.1, 0.15) is 39.0 Å². The summed E-state index contributed by atoms with van der Waals surface area (Å²) in [5.41, 5.74) is 0.0141. The molecule has 4 nitrogen and oxygen atoms in total. The molecule has 1 aromatic heterocycles. The zero-order chi connectivity index (χ0) is 14.6. The molecule has 1 aliphatic heterocycles. The van der Waals surface area contributed by atoms with Gasteiger partial charge in [-0.2, -0.15) is 0 Å². The fourth-order valence-electron chi connectivity index (χ4n) is 3.00. The minimum Gasteiger partial charge on any atom is -0.466 e. The van der Waals surface area contributed by atoms with E-state index in [9.17, 15) is 0 Å². The summed E-state index contributed by atoms with van der Waals surface area (Å²) in [5, 5.41) is 3.61. The second-order valence-corrected chi connectivity index (χ2v) is 6.29. The average molecular weight is 345 g/mol. The summed E-state index contributed by atoms with van der Waals surface area (Å²) in [7, 11) is 0. The molecule has 1 N–H and O–H groups in total. The summed E-state index contributed by atoms with van der Waals surface area (Å²) in [4.78, 5) is 2.53. The lowest BCUT2D eigenvalue weighted by molar-refractivity contribution is -0.0355. The van der Waals surface area contributed by atoms with Crippen LogP contribution >= 0.6 is 15.9 Å². The zero-order valence-electron chi connectivity index (χ0n) is 12.6. The fourth-order valence-corrected chi connectivity index (χ4v) is 3.43. The van der Waals surface area contributed by atoms with E-state index in [1.807, 2.05) is 6.07 Å². The summed E-state index contributed by atoms with van der Waals surface area (Å²) in [5.74, 6) is 0.989. The minimum atomic E-state index is 0.0141. The van der Waals surface area contributed by atoms with Crippen LogP contribution in [0.4, 0.5) is 0 Å². The SMILES string of the molecule is CCNC(c1occc1Br)C(C)(CC)N1CCOCC1. The molecule has 1 fully saturated rings. The van der Waals surface area contributed by atoms with Crippen molar-refractivity contribution in [1.82, 2.24) is 10.2 Å². The van der Waals surface area contributed by atoms with Gasteiger partial charge in [0.25, 0.3) is 0 Å². The van der Waals surface area contributed by atoms with E-state index in [1.54, 1.807) is 6.26 Å². The maximum absolute atomic E-state index is 5.75. The van der Waals surface area contributed by atoms with Crippen LogP contribution in [0.2, 0.25) is 0 Å². The van der Waals surface area contributed by atoms with Crippen LogP contribution in [0.5, 0.6) is 0 Å². The molecule has 0 radical (unpaired) electrons. The predicted octanol–water partition coefficient (Wildman–Crippen LogP) is 3.19. The third-order valence-electron chi connectivity index (χ3n) is 4.39. The van der Waals surface area contributed by atoms with Crippen molar-refractivity contribution >= 4 is 15.9 Å². The van der Waals surface area contributed by atoms with E-state index in [1.165, 1.54) is 0 Å². The summed E-state index contributed by atoms with van der Waals surface area (Å²) in [6.07, 6.45) is 2.80. The van der Waals surface area contributed by atoms with Gasteiger partial charge in [0.2, 0.25) is 0 Å². The van der Waals surface area contributed by atoms with Gasteiger partial charge in [-0.15, -0.1) is 0 Å². The molecular weight excluding hydrogens is 320 g/mol. The normalized spacial score (nSPS) is 21.6. The Balaban J connectivity index is 2.30. The Morgan fingerprint density at radius 1 is 1.40 bits per heavy atom. The zero-order valence-corrected chi connectivity index (χ0v) is 14.2. The lowest BCUT2D eigenvalue weighted by Gasteiger charge is -2.47. The van der Waals surface area contributed by atoms with Crippen molar-refractivity contribution in [2.24, 2.45) is 0 Å². The molecular formula is C15H25BrN2O2. The first-order valence-corrected chi connectivity index (χ1v) is 8.21. The molecule has 0 amide bonds. The van der Waals surface area contributed by atoms with Gasteiger partial charge in [0.05, 0.1) is 30.0 Å². The number of ether oxygens (including phenoxy) is 1. The van der Waals surface area contributed by atoms with Crippen LogP contribution in [-0.2, 0) is 4.74 Å². The molecule has 1 aromatic rings. The second kappa shape index (κ2) is 7.07. The Kier molecular flexibility index (Phi) is 5.66. The van der Waals surface area contributed by atoms with Gasteiger partial charge >= 0.3 is 0 Å². The number of likely N-dealkylation sites (N-methyl/N-ethyl adjacent to an activating group) is 1. The molecule has 0 saturated carbocycles. The van der Waals surface area contributed by atoms with Gasteiger partial charge < -0.3 is 14.5 Å². The van der Waals surface area contributed by atoms with E-state index < -0.39 is 0 Å². The van der Waals surface area contributed by atoms with E-state index in [-0.39, 0.29) is 11.6 Å². The van der Waals surface area contributed by atoms with Crippen LogP contribution < -0.4 is 5.32 Å².